The molecule has 0 aromatic heterocycles. The maximum atomic E-state index is 5.65. The summed E-state index contributed by atoms with van der Waals surface area (Å²) >= 11 is 0. The highest BCUT2D eigenvalue weighted by Crippen LogP contribution is 2.14. The van der Waals surface area contributed by atoms with Gasteiger partial charge in [0.05, 0.1) is 0 Å². The van der Waals surface area contributed by atoms with Gasteiger partial charge in [0.2, 0.25) is 0 Å². The lowest BCUT2D eigenvalue weighted by molar-refractivity contribution is 0.254. The lowest BCUT2D eigenvalue weighted by atomic mass is 10.1. The third-order valence-electron chi connectivity index (χ3n) is 4.02. The molecule has 0 radical (unpaired) electrons. The molecule has 0 bridgehead atoms. The van der Waals surface area contributed by atoms with Crippen LogP contribution in [0.5, 0.6) is 0 Å². The van der Waals surface area contributed by atoms with E-state index in [2.05, 4.69) is 41.8 Å². The zero-order chi connectivity index (χ0) is 13.7. The van der Waals surface area contributed by atoms with Gasteiger partial charge in [-0.1, -0.05) is 23.8 Å². The van der Waals surface area contributed by atoms with Gasteiger partial charge in [0.1, 0.15) is 0 Å². The molecule has 1 aromatic rings. The Balaban J connectivity index is 1.92. The van der Waals surface area contributed by atoms with Crippen molar-refractivity contribution in [2.75, 3.05) is 39.3 Å². The standard InChI is InChI=1S/C16H27N3/c1-14-4-5-16(15(2)12-14)13-19-8-3-7-18(9-6-17)10-11-19/h4-5,12H,3,6-11,13,17H2,1-2H3. The van der Waals surface area contributed by atoms with Crippen LogP contribution in [0.4, 0.5) is 0 Å². The van der Waals surface area contributed by atoms with Crippen LogP contribution in [0.2, 0.25) is 0 Å². The number of hydrogen-bond acceptors (Lipinski definition) is 3. The summed E-state index contributed by atoms with van der Waals surface area (Å²) in [6, 6.07) is 6.79. The van der Waals surface area contributed by atoms with Crippen LogP contribution in [0.3, 0.4) is 0 Å². The highest BCUT2D eigenvalue weighted by molar-refractivity contribution is 5.30. The second kappa shape index (κ2) is 7.04. The number of rotatable bonds is 4. The first-order chi connectivity index (χ1) is 9.19. The average molecular weight is 261 g/mol. The van der Waals surface area contributed by atoms with Gasteiger partial charge >= 0.3 is 0 Å². The van der Waals surface area contributed by atoms with Crippen LogP contribution < -0.4 is 5.73 Å². The van der Waals surface area contributed by atoms with E-state index in [-0.39, 0.29) is 0 Å². The van der Waals surface area contributed by atoms with Crippen molar-refractivity contribution in [2.45, 2.75) is 26.8 Å². The Kier molecular flexibility index (Phi) is 5.37. The normalized spacial score (nSPS) is 18.5. The van der Waals surface area contributed by atoms with Crippen LogP contribution in [-0.4, -0.2) is 49.1 Å². The van der Waals surface area contributed by atoms with E-state index in [1.165, 1.54) is 36.2 Å². The van der Waals surface area contributed by atoms with Gasteiger partial charge in [-0.15, -0.1) is 0 Å². The summed E-state index contributed by atoms with van der Waals surface area (Å²) in [5.74, 6) is 0. The summed E-state index contributed by atoms with van der Waals surface area (Å²) in [5, 5.41) is 0. The molecule has 0 atom stereocenters. The van der Waals surface area contributed by atoms with Gasteiger partial charge in [-0.25, -0.2) is 0 Å². The molecule has 0 unspecified atom stereocenters. The summed E-state index contributed by atoms with van der Waals surface area (Å²) in [6.07, 6.45) is 1.25. The quantitative estimate of drug-likeness (QED) is 0.896. The molecule has 1 saturated heterocycles. The van der Waals surface area contributed by atoms with Crippen molar-refractivity contribution in [2.24, 2.45) is 5.73 Å². The van der Waals surface area contributed by atoms with Crippen LogP contribution in [0.1, 0.15) is 23.1 Å². The Morgan fingerprint density at radius 1 is 1.05 bits per heavy atom. The first-order valence-electron chi connectivity index (χ1n) is 7.40. The largest absolute Gasteiger partial charge is 0.329 e. The summed E-state index contributed by atoms with van der Waals surface area (Å²) < 4.78 is 0. The van der Waals surface area contributed by atoms with E-state index in [0.29, 0.717) is 0 Å². The number of hydrogen-bond donors (Lipinski definition) is 1. The maximum absolute atomic E-state index is 5.65. The van der Waals surface area contributed by atoms with E-state index in [0.717, 1.165) is 32.7 Å². The molecule has 2 N–H and O–H groups in total. The Labute approximate surface area is 117 Å². The molecule has 19 heavy (non-hydrogen) atoms. The van der Waals surface area contributed by atoms with Crippen molar-refractivity contribution < 1.29 is 0 Å². The van der Waals surface area contributed by atoms with Gasteiger partial charge in [-0.2, -0.15) is 0 Å². The lowest BCUT2D eigenvalue weighted by Crippen LogP contribution is -2.33. The van der Waals surface area contributed by atoms with Crippen molar-refractivity contribution in [3.63, 3.8) is 0 Å². The Morgan fingerprint density at radius 2 is 1.79 bits per heavy atom. The van der Waals surface area contributed by atoms with Crippen LogP contribution >= 0.6 is 0 Å². The zero-order valence-corrected chi connectivity index (χ0v) is 12.4. The molecule has 1 fully saturated rings. The van der Waals surface area contributed by atoms with Gasteiger partial charge in [-0.3, -0.25) is 4.90 Å². The highest BCUT2D eigenvalue weighted by atomic mass is 15.2. The molecular weight excluding hydrogens is 234 g/mol. The van der Waals surface area contributed by atoms with Gasteiger partial charge in [-0.05, 0) is 44.5 Å². The molecule has 3 nitrogen and oxygen atoms in total. The van der Waals surface area contributed by atoms with Crippen molar-refractivity contribution in [1.29, 1.82) is 0 Å². The third kappa shape index (κ3) is 4.30. The fraction of sp³-hybridized carbons (Fsp3) is 0.625. The summed E-state index contributed by atoms with van der Waals surface area (Å²) in [5.41, 5.74) is 9.89. The molecule has 2 rings (SSSR count). The molecule has 1 aromatic carbocycles. The van der Waals surface area contributed by atoms with Crippen molar-refractivity contribution in [3.05, 3.63) is 34.9 Å². The smallest absolute Gasteiger partial charge is 0.0236 e. The summed E-state index contributed by atoms with van der Waals surface area (Å²) in [7, 11) is 0. The second-order valence-electron chi connectivity index (χ2n) is 5.69. The molecule has 0 aliphatic carbocycles. The Hall–Kier alpha value is -0.900. The fourth-order valence-corrected chi connectivity index (χ4v) is 2.85. The summed E-state index contributed by atoms with van der Waals surface area (Å²) in [4.78, 5) is 5.07. The first kappa shape index (κ1) is 14.5. The van der Waals surface area contributed by atoms with E-state index < -0.39 is 0 Å². The minimum absolute atomic E-state index is 0.775. The summed E-state index contributed by atoms with van der Waals surface area (Å²) in [6.45, 7) is 12.0. The van der Waals surface area contributed by atoms with E-state index in [1.807, 2.05) is 0 Å². The molecule has 106 valence electrons. The molecule has 1 heterocycles. The highest BCUT2D eigenvalue weighted by Gasteiger charge is 2.14. The average Bonchev–Trinajstić information content (AvgIpc) is 2.59. The number of nitrogens with two attached hydrogens (primary N) is 1. The second-order valence-corrected chi connectivity index (χ2v) is 5.69. The molecular formula is C16H27N3. The number of nitrogens with zero attached hydrogens (tertiary/aromatic N) is 2. The Bertz CT molecular complexity index is 403. The van der Waals surface area contributed by atoms with Crippen molar-refractivity contribution in [1.82, 2.24) is 9.80 Å². The number of benzene rings is 1. The van der Waals surface area contributed by atoms with Gasteiger partial charge < -0.3 is 10.6 Å². The first-order valence-corrected chi connectivity index (χ1v) is 7.40. The zero-order valence-electron chi connectivity index (χ0n) is 12.4. The fourth-order valence-electron chi connectivity index (χ4n) is 2.85. The van der Waals surface area contributed by atoms with E-state index in [9.17, 15) is 0 Å². The molecule has 0 amide bonds. The van der Waals surface area contributed by atoms with E-state index >= 15 is 0 Å². The maximum Gasteiger partial charge on any atom is 0.0236 e. The lowest BCUT2D eigenvalue weighted by Gasteiger charge is -2.22. The Morgan fingerprint density at radius 3 is 2.53 bits per heavy atom. The van der Waals surface area contributed by atoms with Crippen LogP contribution in [0.25, 0.3) is 0 Å². The molecule has 1 aliphatic rings. The molecule has 0 spiro atoms. The van der Waals surface area contributed by atoms with Crippen molar-refractivity contribution in [3.8, 4) is 0 Å². The topological polar surface area (TPSA) is 32.5 Å². The predicted molar refractivity (Wildman–Crippen MR) is 81.3 cm³/mol. The van der Waals surface area contributed by atoms with E-state index in [1.54, 1.807) is 0 Å². The molecule has 1 aliphatic heterocycles. The van der Waals surface area contributed by atoms with Gasteiger partial charge in [0.25, 0.3) is 0 Å². The van der Waals surface area contributed by atoms with Crippen LogP contribution in [-0.2, 0) is 6.54 Å². The minimum atomic E-state index is 0.775. The van der Waals surface area contributed by atoms with Crippen molar-refractivity contribution >= 4 is 0 Å². The van der Waals surface area contributed by atoms with E-state index in [4.69, 9.17) is 5.73 Å². The van der Waals surface area contributed by atoms with Gasteiger partial charge in [0.15, 0.2) is 0 Å². The predicted octanol–water partition coefficient (Wildman–Crippen LogP) is 1.77. The van der Waals surface area contributed by atoms with Crippen LogP contribution in [0.15, 0.2) is 18.2 Å². The third-order valence-corrected chi connectivity index (χ3v) is 4.02. The molecule has 3 heteroatoms. The van der Waals surface area contributed by atoms with Crippen LogP contribution in [0, 0.1) is 13.8 Å². The molecule has 0 saturated carbocycles. The number of aryl methyl sites for hydroxylation is 2. The monoisotopic (exact) mass is 261 g/mol. The van der Waals surface area contributed by atoms with Gasteiger partial charge in [0, 0.05) is 32.7 Å². The minimum Gasteiger partial charge on any atom is -0.329 e. The SMILES string of the molecule is Cc1ccc(CN2CCCN(CCN)CC2)c(C)c1.